The van der Waals surface area contributed by atoms with E-state index in [0.29, 0.717) is 5.56 Å². The van der Waals surface area contributed by atoms with Crippen LogP contribution in [0.5, 0.6) is 5.75 Å². The molecule has 1 amide bonds. The van der Waals surface area contributed by atoms with Crippen LogP contribution in [0.4, 0.5) is 0 Å². The van der Waals surface area contributed by atoms with E-state index < -0.39 is 30.0 Å². The predicted octanol–water partition coefficient (Wildman–Crippen LogP) is 1.71. The molecule has 0 radical (unpaired) electrons. The van der Waals surface area contributed by atoms with Gasteiger partial charge in [0.15, 0.2) is 6.10 Å². The van der Waals surface area contributed by atoms with E-state index in [1.165, 1.54) is 13.0 Å². The Morgan fingerprint density at radius 1 is 1.07 bits per heavy atom. The lowest BCUT2D eigenvalue weighted by Crippen LogP contribution is -2.48. The van der Waals surface area contributed by atoms with Gasteiger partial charge in [0.05, 0.1) is 6.04 Å². The number of carboxylic acid groups (broad SMARTS) is 1. The first-order valence-corrected chi connectivity index (χ1v) is 8.33. The molecule has 0 spiro atoms. The summed E-state index contributed by atoms with van der Waals surface area (Å²) < 4.78 is 5.06. The van der Waals surface area contributed by atoms with Crippen LogP contribution in [-0.2, 0) is 16.0 Å². The van der Waals surface area contributed by atoms with Gasteiger partial charge in [0, 0.05) is 18.1 Å². The number of hydrogen-bond acceptors (Lipinski definition) is 5. The molecular weight excluding hydrogens is 350 g/mol. The molecule has 27 heavy (non-hydrogen) atoms. The van der Waals surface area contributed by atoms with Gasteiger partial charge in [-0.05, 0) is 31.0 Å². The predicted molar refractivity (Wildman–Crippen MR) is 97.5 cm³/mol. The molecule has 7 nitrogen and oxygen atoms in total. The zero-order valence-corrected chi connectivity index (χ0v) is 15.0. The van der Waals surface area contributed by atoms with E-state index in [-0.39, 0.29) is 17.7 Å². The monoisotopic (exact) mass is 371 g/mol. The fraction of sp³-hybridized carbons (Fsp3) is 0.250. The number of carbonyl (C=O) groups is 3. The number of aliphatic carboxylic acids is 1. The van der Waals surface area contributed by atoms with Crippen LogP contribution in [0, 0.1) is 6.92 Å². The highest BCUT2D eigenvalue weighted by molar-refractivity contribution is 5.97. The van der Waals surface area contributed by atoms with Crippen molar-refractivity contribution >= 4 is 17.8 Å². The Balaban J connectivity index is 2.25. The molecule has 0 heterocycles. The zero-order valence-electron chi connectivity index (χ0n) is 15.0. The van der Waals surface area contributed by atoms with Gasteiger partial charge >= 0.3 is 11.9 Å². The number of hydrogen-bond donors (Lipinski definition) is 3. The quantitative estimate of drug-likeness (QED) is 0.504. The molecule has 0 bridgehead atoms. The fourth-order valence-electron chi connectivity index (χ4n) is 2.65. The summed E-state index contributed by atoms with van der Waals surface area (Å²) in [5.74, 6) is -2.27. The summed E-state index contributed by atoms with van der Waals surface area (Å²) >= 11 is 0. The van der Waals surface area contributed by atoms with Crippen molar-refractivity contribution in [3.63, 3.8) is 0 Å². The molecule has 0 aliphatic heterocycles. The van der Waals surface area contributed by atoms with Crippen molar-refractivity contribution in [3.8, 4) is 5.75 Å². The van der Waals surface area contributed by atoms with E-state index in [0.717, 1.165) is 5.56 Å². The first kappa shape index (κ1) is 20.1. The van der Waals surface area contributed by atoms with E-state index >= 15 is 0 Å². The van der Waals surface area contributed by atoms with Crippen LogP contribution in [0.15, 0.2) is 48.5 Å². The van der Waals surface area contributed by atoms with Crippen molar-refractivity contribution in [2.45, 2.75) is 32.4 Å². The van der Waals surface area contributed by atoms with Gasteiger partial charge in [-0.3, -0.25) is 9.59 Å². The van der Waals surface area contributed by atoms with Crippen LogP contribution >= 0.6 is 0 Å². The van der Waals surface area contributed by atoms with E-state index in [9.17, 15) is 19.5 Å². The van der Waals surface area contributed by atoms with Crippen LogP contribution in [0.1, 0.15) is 28.4 Å². The maximum Gasteiger partial charge on any atom is 0.334 e. The second-order valence-corrected chi connectivity index (χ2v) is 6.08. The molecule has 3 N–H and O–H groups in total. The van der Waals surface area contributed by atoms with E-state index in [1.807, 2.05) is 6.07 Å². The Bertz CT molecular complexity index is 834. The number of aliphatic hydroxyl groups is 1. The Labute approximate surface area is 156 Å². The summed E-state index contributed by atoms with van der Waals surface area (Å²) in [6.07, 6.45) is -1.63. The minimum atomic E-state index is -1.77. The van der Waals surface area contributed by atoms with Crippen molar-refractivity contribution in [1.29, 1.82) is 0 Å². The summed E-state index contributed by atoms with van der Waals surface area (Å²) in [7, 11) is 0. The normalized spacial score (nSPS) is 12.7. The molecule has 0 saturated carbocycles. The second-order valence-electron chi connectivity index (χ2n) is 6.08. The summed E-state index contributed by atoms with van der Waals surface area (Å²) in [4.78, 5) is 35.1. The lowest BCUT2D eigenvalue weighted by molar-refractivity contribution is -0.148. The Morgan fingerprint density at radius 3 is 2.33 bits per heavy atom. The van der Waals surface area contributed by atoms with Crippen molar-refractivity contribution in [2.75, 3.05) is 0 Å². The lowest BCUT2D eigenvalue weighted by Gasteiger charge is -2.22. The molecule has 0 aliphatic rings. The first-order chi connectivity index (χ1) is 12.8. The number of carbonyl (C=O) groups excluding carboxylic acids is 2. The molecule has 2 rings (SSSR count). The third kappa shape index (κ3) is 5.39. The summed E-state index contributed by atoms with van der Waals surface area (Å²) in [6.45, 7) is 2.87. The highest BCUT2D eigenvalue weighted by atomic mass is 16.5. The van der Waals surface area contributed by atoms with Crippen LogP contribution in [-0.4, -0.2) is 40.2 Å². The van der Waals surface area contributed by atoms with Gasteiger partial charge in [-0.15, -0.1) is 0 Å². The molecule has 0 aliphatic carbocycles. The molecule has 2 aromatic rings. The SMILES string of the molecule is CC(=O)Oc1cccc(C(=O)NC(Cc2ccccc2)C(O)C(=O)O)c1C. The van der Waals surface area contributed by atoms with Gasteiger partial charge in [0.1, 0.15) is 5.75 Å². The standard InChI is InChI=1S/C20H21NO6/c1-12-15(9-6-10-17(12)27-13(2)22)19(24)21-16(18(23)20(25)26)11-14-7-4-3-5-8-14/h3-10,16,18,23H,11H2,1-2H3,(H,21,24)(H,25,26). The molecular formula is C20H21NO6. The maximum atomic E-state index is 12.7. The third-order valence-corrected chi connectivity index (χ3v) is 4.03. The van der Waals surface area contributed by atoms with Crippen molar-refractivity contribution < 1.29 is 29.3 Å². The smallest absolute Gasteiger partial charge is 0.334 e. The lowest BCUT2D eigenvalue weighted by atomic mass is 10.00. The zero-order chi connectivity index (χ0) is 20.0. The topological polar surface area (TPSA) is 113 Å². The fourth-order valence-corrected chi connectivity index (χ4v) is 2.65. The molecule has 2 atom stereocenters. The molecule has 0 aromatic heterocycles. The number of rotatable bonds is 7. The van der Waals surface area contributed by atoms with Gasteiger partial charge in [0.2, 0.25) is 0 Å². The maximum absolute atomic E-state index is 12.7. The Morgan fingerprint density at radius 2 is 1.74 bits per heavy atom. The van der Waals surface area contributed by atoms with Crippen LogP contribution in [0.2, 0.25) is 0 Å². The largest absolute Gasteiger partial charge is 0.479 e. The number of nitrogens with one attached hydrogen (secondary N) is 1. The van der Waals surface area contributed by atoms with Crippen LogP contribution < -0.4 is 10.1 Å². The van der Waals surface area contributed by atoms with E-state index in [2.05, 4.69) is 5.32 Å². The first-order valence-electron chi connectivity index (χ1n) is 8.33. The molecule has 0 saturated heterocycles. The van der Waals surface area contributed by atoms with Crippen LogP contribution in [0.3, 0.4) is 0 Å². The van der Waals surface area contributed by atoms with Gasteiger partial charge in [-0.2, -0.15) is 0 Å². The molecule has 2 unspecified atom stereocenters. The highest BCUT2D eigenvalue weighted by Crippen LogP contribution is 2.22. The van der Waals surface area contributed by atoms with E-state index in [4.69, 9.17) is 9.84 Å². The van der Waals surface area contributed by atoms with Crippen molar-refractivity contribution in [1.82, 2.24) is 5.32 Å². The number of benzene rings is 2. The van der Waals surface area contributed by atoms with Gasteiger partial charge in [-0.25, -0.2) is 4.79 Å². The van der Waals surface area contributed by atoms with Crippen LogP contribution in [0.25, 0.3) is 0 Å². The second kappa shape index (κ2) is 8.95. The third-order valence-electron chi connectivity index (χ3n) is 4.03. The molecule has 0 fully saturated rings. The number of carboxylic acids is 1. The average Bonchev–Trinajstić information content (AvgIpc) is 2.62. The number of aliphatic hydroxyl groups excluding tert-OH is 1. The Hall–Kier alpha value is -3.19. The number of esters is 1. The Kier molecular flexibility index (Phi) is 6.67. The summed E-state index contributed by atoms with van der Waals surface area (Å²) in [5, 5.41) is 21.7. The molecule has 2 aromatic carbocycles. The summed E-state index contributed by atoms with van der Waals surface area (Å²) in [6, 6.07) is 12.6. The van der Waals surface area contributed by atoms with Gasteiger partial charge in [0.25, 0.3) is 5.91 Å². The number of amides is 1. The minimum Gasteiger partial charge on any atom is -0.479 e. The molecule has 7 heteroatoms. The highest BCUT2D eigenvalue weighted by Gasteiger charge is 2.28. The van der Waals surface area contributed by atoms with E-state index in [1.54, 1.807) is 43.3 Å². The number of ether oxygens (including phenoxy) is 1. The van der Waals surface area contributed by atoms with Crippen molar-refractivity contribution in [2.24, 2.45) is 0 Å². The van der Waals surface area contributed by atoms with Crippen molar-refractivity contribution in [3.05, 3.63) is 65.2 Å². The van der Waals surface area contributed by atoms with Gasteiger partial charge in [-0.1, -0.05) is 36.4 Å². The minimum absolute atomic E-state index is 0.142. The van der Waals surface area contributed by atoms with Gasteiger partial charge < -0.3 is 20.3 Å². The summed E-state index contributed by atoms with van der Waals surface area (Å²) in [5.41, 5.74) is 1.44. The molecule has 142 valence electrons. The average molecular weight is 371 g/mol.